The highest BCUT2D eigenvalue weighted by molar-refractivity contribution is 7.85. The Balaban J connectivity index is 2.39. The van der Waals surface area contributed by atoms with E-state index in [9.17, 15) is 13.0 Å². The van der Waals surface area contributed by atoms with E-state index in [1.54, 1.807) is 0 Å². The lowest BCUT2D eigenvalue weighted by molar-refractivity contribution is 0.461. The molecule has 0 heterocycles. The van der Waals surface area contributed by atoms with Gasteiger partial charge in [0.1, 0.15) is 0 Å². The van der Waals surface area contributed by atoms with Gasteiger partial charge in [0, 0.05) is 5.75 Å². The molecule has 0 amide bonds. The zero-order valence-electron chi connectivity index (χ0n) is 12.8. The molecular weight excluding hydrogens is 284 g/mol. The number of hydrogen-bond donors (Lipinski definition) is 0. The molecule has 118 valence electrons. The number of rotatable bonds is 10. The van der Waals surface area contributed by atoms with Gasteiger partial charge in [0.25, 0.3) is 0 Å². The zero-order chi connectivity index (χ0) is 15.6. The van der Waals surface area contributed by atoms with Gasteiger partial charge in [0.15, 0.2) is 0 Å². The largest absolute Gasteiger partial charge is 0.748 e. The first-order valence-electron chi connectivity index (χ1n) is 7.70. The van der Waals surface area contributed by atoms with Crippen LogP contribution in [0.15, 0.2) is 30.3 Å². The van der Waals surface area contributed by atoms with Crippen molar-refractivity contribution in [2.24, 2.45) is 0 Å². The lowest BCUT2D eigenvalue weighted by atomic mass is 10.1. The van der Waals surface area contributed by atoms with Crippen molar-refractivity contribution in [3.05, 3.63) is 41.5 Å². The topological polar surface area (TPSA) is 57.2 Å². The van der Waals surface area contributed by atoms with Crippen LogP contribution in [0.1, 0.15) is 56.6 Å². The highest BCUT2D eigenvalue weighted by atomic mass is 32.2. The Morgan fingerprint density at radius 1 is 1.14 bits per heavy atom. The predicted octanol–water partition coefficient (Wildman–Crippen LogP) is 4.15. The monoisotopic (exact) mass is 309 g/mol. The van der Waals surface area contributed by atoms with E-state index in [1.165, 1.54) is 25.7 Å². The second-order valence-electron chi connectivity index (χ2n) is 5.36. The Morgan fingerprint density at radius 3 is 2.67 bits per heavy atom. The van der Waals surface area contributed by atoms with Crippen LogP contribution in [0.3, 0.4) is 0 Å². The quantitative estimate of drug-likeness (QED) is 0.482. The molecule has 0 saturated heterocycles. The predicted molar refractivity (Wildman–Crippen MR) is 87.1 cm³/mol. The fourth-order valence-electron chi connectivity index (χ4n) is 2.21. The average Bonchev–Trinajstić information content (AvgIpc) is 2.42. The minimum atomic E-state index is -4.09. The van der Waals surface area contributed by atoms with E-state index in [-0.39, 0.29) is 5.75 Å². The summed E-state index contributed by atoms with van der Waals surface area (Å²) in [6.45, 7) is 2.21. The van der Waals surface area contributed by atoms with Gasteiger partial charge < -0.3 is 4.55 Å². The molecule has 0 atom stereocenters. The second-order valence-corrected chi connectivity index (χ2v) is 6.89. The summed E-state index contributed by atoms with van der Waals surface area (Å²) < 4.78 is 31.7. The third-order valence-corrected chi connectivity index (χ3v) is 4.13. The summed E-state index contributed by atoms with van der Waals surface area (Å²) >= 11 is 0. The van der Waals surface area contributed by atoms with Crippen molar-refractivity contribution < 1.29 is 13.0 Å². The van der Waals surface area contributed by atoms with Crippen LogP contribution < -0.4 is 0 Å². The summed E-state index contributed by atoms with van der Waals surface area (Å²) in [4.78, 5) is 0. The van der Waals surface area contributed by atoms with Crippen molar-refractivity contribution >= 4 is 16.2 Å². The summed E-state index contributed by atoms with van der Waals surface area (Å²) in [5.41, 5.74) is 2.21. The van der Waals surface area contributed by atoms with E-state index < -0.39 is 10.1 Å². The van der Waals surface area contributed by atoms with Gasteiger partial charge in [-0.15, -0.1) is 0 Å². The Hall–Kier alpha value is -1.13. The summed E-state index contributed by atoms with van der Waals surface area (Å²) in [5.74, 6) is -0.287. The molecule has 21 heavy (non-hydrogen) atoms. The van der Waals surface area contributed by atoms with Crippen LogP contribution in [0.4, 0.5) is 0 Å². The molecule has 0 radical (unpaired) electrons. The van der Waals surface area contributed by atoms with Gasteiger partial charge in [0.2, 0.25) is 0 Å². The smallest absolute Gasteiger partial charge is 0.0946 e. The van der Waals surface area contributed by atoms with Crippen molar-refractivity contribution in [1.82, 2.24) is 0 Å². The van der Waals surface area contributed by atoms with E-state index in [4.69, 9.17) is 0 Å². The second kappa shape index (κ2) is 9.74. The van der Waals surface area contributed by atoms with Crippen LogP contribution >= 0.6 is 0 Å². The van der Waals surface area contributed by atoms with Crippen molar-refractivity contribution in [3.8, 4) is 0 Å². The van der Waals surface area contributed by atoms with Gasteiger partial charge in [-0.1, -0.05) is 62.6 Å². The van der Waals surface area contributed by atoms with Crippen molar-refractivity contribution in [1.29, 1.82) is 0 Å². The molecule has 0 spiro atoms. The average molecular weight is 309 g/mol. The third kappa shape index (κ3) is 9.43. The van der Waals surface area contributed by atoms with Crippen LogP contribution in [-0.2, 0) is 16.5 Å². The molecule has 0 bridgehead atoms. The highest BCUT2D eigenvalue weighted by Crippen LogP contribution is 2.11. The van der Waals surface area contributed by atoms with Gasteiger partial charge in [-0.05, 0) is 36.8 Å². The minimum Gasteiger partial charge on any atom is -0.748 e. The van der Waals surface area contributed by atoms with Crippen LogP contribution in [-0.4, -0.2) is 18.7 Å². The fraction of sp³-hybridized carbons (Fsp3) is 0.529. The van der Waals surface area contributed by atoms with Crippen LogP contribution in [0.25, 0.3) is 6.08 Å². The number of hydrogen-bond acceptors (Lipinski definition) is 3. The van der Waals surface area contributed by atoms with E-state index in [1.807, 2.05) is 18.2 Å². The lowest BCUT2D eigenvalue weighted by Gasteiger charge is -2.06. The summed E-state index contributed by atoms with van der Waals surface area (Å²) in [5, 5.41) is 0. The fourth-order valence-corrected chi connectivity index (χ4v) is 2.71. The Bertz CT molecular complexity index is 533. The first kappa shape index (κ1) is 17.9. The first-order chi connectivity index (χ1) is 10.0. The number of benzene rings is 1. The van der Waals surface area contributed by atoms with Crippen molar-refractivity contribution in [3.63, 3.8) is 0 Å². The molecule has 0 saturated carbocycles. The lowest BCUT2D eigenvalue weighted by Crippen LogP contribution is -2.05. The number of allylic oxidation sites excluding steroid dienone is 1. The maximum Gasteiger partial charge on any atom is 0.0946 e. The minimum absolute atomic E-state index is 0.287. The van der Waals surface area contributed by atoms with E-state index in [2.05, 4.69) is 25.1 Å². The molecular formula is C17H25O3S-. The zero-order valence-corrected chi connectivity index (χ0v) is 13.6. The number of unbranched alkanes of at least 4 members (excludes halogenated alkanes) is 4. The van der Waals surface area contributed by atoms with Crippen LogP contribution in [0.5, 0.6) is 0 Å². The van der Waals surface area contributed by atoms with Crippen LogP contribution in [0.2, 0.25) is 0 Å². The molecule has 4 heteroatoms. The molecule has 1 aromatic carbocycles. The molecule has 1 rings (SSSR count). The Kier molecular flexibility index (Phi) is 8.31. The van der Waals surface area contributed by atoms with Gasteiger partial charge >= 0.3 is 0 Å². The van der Waals surface area contributed by atoms with E-state index >= 15 is 0 Å². The molecule has 1 aromatic rings. The Morgan fingerprint density at radius 2 is 1.95 bits per heavy atom. The third-order valence-electron chi connectivity index (χ3n) is 3.35. The molecule has 3 nitrogen and oxygen atoms in total. The van der Waals surface area contributed by atoms with Crippen molar-refractivity contribution in [2.75, 3.05) is 5.75 Å². The first-order valence-corrected chi connectivity index (χ1v) is 9.28. The van der Waals surface area contributed by atoms with Gasteiger partial charge in [0.05, 0.1) is 10.1 Å². The maximum atomic E-state index is 10.6. The van der Waals surface area contributed by atoms with E-state index in [0.29, 0.717) is 12.8 Å². The molecule has 0 aliphatic heterocycles. The molecule has 0 aliphatic carbocycles. The van der Waals surface area contributed by atoms with Gasteiger partial charge in [-0.25, -0.2) is 8.42 Å². The van der Waals surface area contributed by atoms with Gasteiger partial charge in [-0.2, -0.15) is 0 Å². The molecule has 0 unspecified atom stereocenters. The van der Waals surface area contributed by atoms with E-state index in [0.717, 1.165) is 17.5 Å². The molecule has 0 aromatic heterocycles. The standard InChI is InChI=1S/C17H26O3S/c1-2-3-4-5-6-7-10-16-11-8-12-17(15-16)13-9-14-21(18,19)20/h7-8,10-12,15H,2-6,9,13-14H2,1H3,(H,18,19,20)/p-1/b10-7+. The van der Waals surface area contributed by atoms with Crippen molar-refractivity contribution in [2.45, 2.75) is 51.9 Å². The van der Waals surface area contributed by atoms with Crippen LogP contribution in [0, 0.1) is 0 Å². The summed E-state index contributed by atoms with van der Waals surface area (Å²) in [6, 6.07) is 8.03. The highest BCUT2D eigenvalue weighted by Gasteiger charge is 1.98. The summed E-state index contributed by atoms with van der Waals surface area (Å²) in [6.07, 6.45) is 11.5. The molecule has 0 N–H and O–H groups in total. The SMILES string of the molecule is CCCCCC/C=C/c1cccc(CCCS(=O)(=O)[O-])c1. The van der Waals surface area contributed by atoms with Gasteiger partial charge in [-0.3, -0.25) is 0 Å². The Labute approximate surface area is 128 Å². The maximum absolute atomic E-state index is 10.6. The number of aryl methyl sites for hydroxylation is 1. The molecule has 0 fully saturated rings. The molecule has 0 aliphatic rings. The summed E-state index contributed by atoms with van der Waals surface area (Å²) in [7, 11) is -4.09. The normalized spacial score (nSPS) is 12.1.